The fourth-order valence-electron chi connectivity index (χ4n) is 2.73. The molecule has 0 unspecified atom stereocenters. The molecule has 5 heteroatoms. The van der Waals surface area contributed by atoms with Crippen LogP contribution in [-0.2, 0) is 16.1 Å². The van der Waals surface area contributed by atoms with Gasteiger partial charge in [-0.2, -0.15) is 0 Å². The summed E-state index contributed by atoms with van der Waals surface area (Å²) < 4.78 is 0. The van der Waals surface area contributed by atoms with Gasteiger partial charge in [-0.25, -0.2) is 0 Å². The van der Waals surface area contributed by atoms with Crippen molar-refractivity contribution in [3.05, 3.63) is 42.2 Å². The summed E-state index contributed by atoms with van der Waals surface area (Å²) in [7, 11) is 0. The topological polar surface area (TPSA) is 62.3 Å². The summed E-state index contributed by atoms with van der Waals surface area (Å²) in [5.41, 5.74) is 1.09. The summed E-state index contributed by atoms with van der Waals surface area (Å²) in [4.78, 5) is 30.2. The molecule has 1 aromatic heterocycles. The highest BCUT2D eigenvalue weighted by atomic mass is 16.2. The summed E-state index contributed by atoms with van der Waals surface area (Å²) in [6.45, 7) is 8.24. The molecule has 112 valence electrons. The van der Waals surface area contributed by atoms with Gasteiger partial charge >= 0.3 is 0 Å². The van der Waals surface area contributed by atoms with Crippen LogP contribution in [0, 0.1) is 6.92 Å². The van der Waals surface area contributed by atoms with Crippen LogP contribution < -0.4 is 5.32 Å². The molecule has 5 nitrogen and oxygen atoms in total. The van der Waals surface area contributed by atoms with Crippen LogP contribution in [0.25, 0.3) is 0 Å². The standard InChI is InChI=1S/C16H21N3O2/c1-4-14(20)19-10-6-8-16(19,3)15(21)18-11-13-7-5-9-17-12(13)2/h4-5,7,9H,1,6,8,10-11H2,2-3H3,(H,18,21)/t16-/m1/s1. The minimum atomic E-state index is -0.790. The molecule has 1 aliphatic heterocycles. The van der Waals surface area contributed by atoms with E-state index in [1.54, 1.807) is 11.1 Å². The van der Waals surface area contributed by atoms with Crippen LogP contribution in [0.4, 0.5) is 0 Å². The zero-order valence-corrected chi connectivity index (χ0v) is 12.6. The Morgan fingerprint density at radius 1 is 1.57 bits per heavy atom. The van der Waals surface area contributed by atoms with Crippen LogP contribution in [0.5, 0.6) is 0 Å². The first kappa shape index (κ1) is 15.2. The van der Waals surface area contributed by atoms with E-state index in [4.69, 9.17) is 0 Å². The Labute approximate surface area is 125 Å². The van der Waals surface area contributed by atoms with Crippen molar-refractivity contribution < 1.29 is 9.59 Å². The van der Waals surface area contributed by atoms with Crippen LogP contribution >= 0.6 is 0 Å². The summed E-state index contributed by atoms with van der Waals surface area (Å²) in [5, 5.41) is 2.92. The Kier molecular flexibility index (Phi) is 4.40. The summed E-state index contributed by atoms with van der Waals surface area (Å²) in [6, 6.07) is 3.78. The number of nitrogens with zero attached hydrogens (tertiary/aromatic N) is 2. The first-order chi connectivity index (χ1) is 9.99. The maximum absolute atomic E-state index is 12.5. The lowest BCUT2D eigenvalue weighted by molar-refractivity contribution is -0.141. The van der Waals surface area contributed by atoms with Gasteiger partial charge < -0.3 is 10.2 Å². The Hall–Kier alpha value is -2.17. The van der Waals surface area contributed by atoms with E-state index in [0.717, 1.165) is 17.7 Å². The van der Waals surface area contributed by atoms with Gasteiger partial charge in [-0.05, 0) is 44.4 Å². The summed E-state index contributed by atoms with van der Waals surface area (Å²) in [6.07, 6.45) is 4.49. The molecule has 0 aliphatic carbocycles. The zero-order valence-electron chi connectivity index (χ0n) is 12.6. The van der Waals surface area contributed by atoms with E-state index in [-0.39, 0.29) is 11.8 Å². The average Bonchev–Trinajstić information content (AvgIpc) is 2.88. The number of carbonyl (C=O) groups excluding carboxylic acids is 2. The minimum Gasteiger partial charge on any atom is -0.350 e. The molecular formula is C16H21N3O2. The minimum absolute atomic E-state index is 0.126. The number of pyridine rings is 1. The monoisotopic (exact) mass is 287 g/mol. The lowest BCUT2D eigenvalue weighted by atomic mass is 9.97. The van der Waals surface area contributed by atoms with Crippen LogP contribution in [0.2, 0.25) is 0 Å². The molecule has 0 saturated carbocycles. The quantitative estimate of drug-likeness (QED) is 0.855. The molecule has 1 aromatic rings. The van der Waals surface area contributed by atoms with Crippen molar-refractivity contribution in [1.29, 1.82) is 0 Å². The van der Waals surface area contributed by atoms with E-state index < -0.39 is 5.54 Å². The maximum atomic E-state index is 12.5. The van der Waals surface area contributed by atoms with Crippen molar-refractivity contribution in [3.63, 3.8) is 0 Å². The number of aromatic nitrogens is 1. The van der Waals surface area contributed by atoms with Crippen molar-refractivity contribution in [2.45, 2.75) is 38.8 Å². The van der Waals surface area contributed by atoms with Crippen LogP contribution in [0.1, 0.15) is 31.0 Å². The van der Waals surface area contributed by atoms with Gasteiger partial charge in [0.1, 0.15) is 5.54 Å². The average molecular weight is 287 g/mol. The lowest BCUT2D eigenvalue weighted by Gasteiger charge is -2.33. The molecule has 2 rings (SSSR count). The third-order valence-corrected chi connectivity index (χ3v) is 4.13. The number of hydrogen-bond acceptors (Lipinski definition) is 3. The third-order valence-electron chi connectivity index (χ3n) is 4.13. The van der Waals surface area contributed by atoms with Crippen molar-refractivity contribution in [2.24, 2.45) is 0 Å². The number of carbonyl (C=O) groups is 2. The van der Waals surface area contributed by atoms with Crippen molar-refractivity contribution in [1.82, 2.24) is 15.2 Å². The molecule has 2 amide bonds. The zero-order chi connectivity index (χ0) is 15.5. The Morgan fingerprint density at radius 2 is 2.33 bits per heavy atom. The molecule has 0 radical (unpaired) electrons. The van der Waals surface area contributed by atoms with Gasteiger partial charge in [0.25, 0.3) is 0 Å². The van der Waals surface area contributed by atoms with Crippen molar-refractivity contribution in [3.8, 4) is 0 Å². The molecule has 1 aliphatic rings. The Morgan fingerprint density at radius 3 is 3.00 bits per heavy atom. The number of nitrogens with one attached hydrogen (secondary N) is 1. The van der Waals surface area contributed by atoms with E-state index in [0.29, 0.717) is 19.5 Å². The number of amides is 2. The van der Waals surface area contributed by atoms with Crippen LogP contribution in [0.3, 0.4) is 0 Å². The van der Waals surface area contributed by atoms with Gasteiger partial charge in [0.05, 0.1) is 0 Å². The first-order valence-corrected chi connectivity index (χ1v) is 7.12. The SMILES string of the molecule is C=CC(=O)N1CCC[C@]1(C)C(=O)NCc1cccnc1C. The molecule has 0 spiro atoms. The fourth-order valence-corrected chi connectivity index (χ4v) is 2.73. The fraction of sp³-hybridized carbons (Fsp3) is 0.438. The maximum Gasteiger partial charge on any atom is 0.246 e. The number of aryl methyl sites for hydroxylation is 1. The highest BCUT2D eigenvalue weighted by Crippen LogP contribution is 2.29. The Balaban J connectivity index is 2.07. The van der Waals surface area contributed by atoms with E-state index in [1.165, 1.54) is 6.08 Å². The number of rotatable bonds is 4. The molecule has 1 saturated heterocycles. The van der Waals surface area contributed by atoms with E-state index >= 15 is 0 Å². The molecule has 1 atom stereocenters. The molecule has 0 bridgehead atoms. The second kappa shape index (κ2) is 6.08. The molecule has 21 heavy (non-hydrogen) atoms. The van der Waals surface area contributed by atoms with E-state index in [9.17, 15) is 9.59 Å². The largest absolute Gasteiger partial charge is 0.350 e. The van der Waals surface area contributed by atoms with Gasteiger partial charge in [-0.15, -0.1) is 0 Å². The second-order valence-electron chi connectivity index (χ2n) is 5.50. The van der Waals surface area contributed by atoms with E-state index in [1.807, 2.05) is 26.0 Å². The van der Waals surface area contributed by atoms with Gasteiger partial charge in [0.2, 0.25) is 11.8 Å². The van der Waals surface area contributed by atoms with E-state index in [2.05, 4.69) is 16.9 Å². The third kappa shape index (κ3) is 2.96. The second-order valence-corrected chi connectivity index (χ2v) is 5.50. The summed E-state index contributed by atoms with van der Waals surface area (Å²) in [5.74, 6) is -0.318. The van der Waals surface area contributed by atoms with Gasteiger partial charge in [0.15, 0.2) is 0 Å². The van der Waals surface area contributed by atoms with Crippen LogP contribution in [0.15, 0.2) is 31.0 Å². The van der Waals surface area contributed by atoms with Gasteiger partial charge in [-0.1, -0.05) is 12.6 Å². The molecule has 1 fully saturated rings. The lowest BCUT2D eigenvalue weighted by Crippen LogP contribution is -2.54. The first-order valence-electron chi connectivity index (χ1n) is 7.12. The number of hydrogen-bond donors (Lipinski definition) is 1. The smallest absolute Gasteiger partial charge is 0.246 e. The highest BCUT2D eigenvalue weighted by molar-refractivity contribution is 5.95. The summed E-state index contributed by atoms with van der Waals surface area (Å²) >= 11 is 0. The highest BCUT2D eigenvalue weighted by Gasteiger charge is 2.44. The molecule has 0 aromatic carbocycles. The number of likely N-dealkylation sites (tertiary alicyclic amines) is 1. The molecular weight excluding hydrogens is 266 g/mol. The normalized spacial score (nSPS) is 21.1. The predicted octanol–water partition coefficient (Wildman–Crippen LogP) is 1.57. The Bertz CT molecular complexity index is 570. The van der Waals surface area contributed by atoms with Crippen molar-refractivity contribution >= 4 is 11.8 Å². The molecule has 2 heterocycles. The van der Waals surface area contributed by atoms with Gasteiger partial charge in [0, 0.05) is 25.0 Å². The van der Waals surface area contributed by atoms with Gasteiger partial charge in [-0.3, -0.25) is 14.6 Å². The van der Waals surface area contributed by atoms with Crippen molar-refractivity contribution in [2.75, 3.05) is 6.54 Å². The van der Waals surface area contributed by atoms with Crippen LogP contribution in [-0.4, -0.2) is 33.8 Å². The predicted molar refractivity (Wildman–Crippen MR) is 80.4 cm³/mol. The molecule has 1 N–H and O–H groups in total.